The summed E-state index contributed by atoms with van der Waals surface area (Å²) in [4.78, 5) is 0. The summed E-state index contributed by atoms with van der Waals surface area (Å²) in [5.74, 6) is -1.27. The molecule has 0 aliphatic carbocycles. The van der Waals surface area contributed by atoms with Crippen molar-refractivity contribution in [3.8, 4) is 0 Å². The highest BCUT2D eigenvalue weighted by atomic mass is 19.4. The molecule has 0 unspecified atom stereocenters. The third-order valence-corrected chi connectivity index (χ3v) is 2.81. The van der Waals surface area contributed by atoms with Crippen LogP contribution in [0.1, 0.15) is 36.6 Å². The van der Waals surface area contributed by atoms with Gasteiger partial charge in [-0.15, -0.1) is 0 Å². The summed E-state index contributed by atoms with van der Waals surface area (Å²) in [5, 5.41) is 4.05. The fourth-order valence-corrected chi connectivity index (χ4v) is 1.77. The lowest BCUT2D eigenvalue weighted by Gasteiger charge is -2.10. The van der Waals surface area contributed by atoms with Crippen LogP contribution < -0.4 is 0 Å². The molecule has 20 heavy (non-hydrogen) atoms. The van der Waals surface area contributed by atoms with Gasteiger partial charge >= 0.3 is 6.18 Å². The molecule has 0 aliphatic heterocycles. The summed E-state index contributed by atoms with van der Waals surface area (Å²) in [6.07, 6.45) is -0.212. The Hall–Kier alpha value is -1.85. The fourth-order valence-electron chi connectivity index (χ4n) is 1.77. The largest absolute Gasteiger partial charge is 0.419 e. The second kappa shape index (κ2) is 5.26. The Balaban J connectivity index is 2.29. The number of benzene rings is 1. The van der Waals surface area contributed by atoms with Gasteiger partial charge in [0.05, 0.1) is 11.8 Å². The van der Waals surface area contributed by atoms with E-state index in [4.69, 9.17) is 0 Å². The van der Waals surface area contributed by atoms with E-state index in [2.05, 4.69) is 5.10 Å². The Morgan fingerprint density at radius 1 is 1.25 bits per heavy atom. The highest BCUT2D eigenvalue weighted by molar-refractivity contribution is 5.39. The molecule has 0 atom stereocenters. The fraction of sp³-hybridized carbons (Fsp3) is 0.286. The van der Waals surface area contributed by atoms with E-state index in [1.54, 1.807) is 10.9 Å². The lowest BCUT2D eigenvalue weighted by molar-refractivity contribution is -0.140. The van der Waals surface area contributed by atoms with Crippen LogP contribution >= 0.6 is 0 Å². The van der Waals surface area contributed by atoms with E-state index in [1.165, 1.54) is 24.8 Å². The number of aromatic nitrogens is 2. The van der Waals surface area contributed by atoms with E-state index >= 15 is 0 Å². The predicted molar refractivity (Wildman–Crippen MR) is 66.5 cm³/mol. The van der Waals surface area contributed by atoms with Crippen molar-refractivity contribution in [1.29, 1.82) is 0 Å². The molecule has 0 fully saturated rings. The molecule has 0 spiro atoms. The summed E-state index contributed by atoms with van der Waals surface area (Å²) in [5.41, 5.74) is -0.817. The maximum Gasteiger partial charge on any atom is 0.419 e. The van der Waals surface area contributed by atoms with Crippen molar-refractivity contribution < 1.29 is 17.6 Å². The molecule has 6 heteroatoms. The molecule has 0 aliphatic rings. The first-order chi connectivity index (χ1) is 9.29. The van der Waals surface area contributed by atoms with Crippen LogP contribution in [0.5, 0.6) is 0 Å². The molecule has 2 aromatic rings. The van der Waals surface area contributed by atoms with Crippen LogP contribution in [0.15, 0.2) is 30.6 Å². The minimum absolute atomic E-state index is 0.108. The van der Waals surface area contributed by atoms with Gasteiger partial charge in [-0.05, 0) is 31.0 Å². The zero-order chi connectivity index (χ0) is 14.9. The van der Waals surface area contributed by atoms with Crippen molar-refractivity contribution in [3.63, 3.8) is 0 Å². The first-order valence-electron chi connectivity index (χ1n) is 6.03. The first-order valence-corrected chi connectivity index (χ1v) is 6.03. The number of halogens is 4. The molecule has 2 rings (SSSR count). The Morgan fingerprint density at radius 2 is 1.95 bits per heavy atom. The minimum Gasteiger partial charge on any atom is -0.270 e. The Kier molecular flexibility index (Phi) is 3.83. The van der Waals surface area contributed by atoms with E-state index in [0.29, 0.717) is 5.56 Å². The van der Waals surface area contributed by atoms with Gasteiger partial charge in [0.15, 0.2) is 0 Å². The van der Waals surface area contributed by atoms with Gasteiger partial charge < -0.3 is 0 Å². The smallest absolute Gasteiger partial charge is 0.270 e. The first kappa shape index (κ1) is 14.6. The summed E-state index contributed by atoms with van der Waals surface area (Å²) in [7, 11) is 0. The standard InChI is InChI=1S/C14H13F4N2/c1-9(2)20-8-10(7-19-20)6-11-4-3-5-12(13(11)15)14(16,17)18/h3-9H,1-2H3. The molecule has 0 saturated carbocycles. The van der Waals surface area contributed by atoms with Crippen molar-refractivity contribution >= 4 is 0 Å². The van der Waals surface area contributed by atoms with Crippen LogP contribution in [0, 0.1) is 12.2 Å². The molecule has 1 radical (unpaired) electrons. The highest BCUT2D eigenvalue weighted by Gasteiger charge is 2.34. The second-order valence-electron chi connectivity index (χ2n) is 4.70. The van der Waals surface area contributed by atoms with Crippen molar-refractivity contribution in [1.82, 2.24) is 9.78 Å². The molecule has 1 aromatic heterocycles. The zero-order valence-corrected chi connectivity index (χ0v) is 10.9. The number of alkyl halides is 3. The van der Waals surface area contributed by atoms with Crippen LogP contribution in [0.2, 0.25) is 0 Å². The van der Waals surface area contributed by atoms with Crippen LogP contribution in [-0.2, 0) is 6.18 Å². The highest BCUT2D eigenvalue weighted by Crippen LogP contribution is 2.33. The van der Waals surface area contributed by atoms with Crippen molar-refractivity contribution in [2.75, 3.05) is 0 Å². The van der Waals surface area contributed by atoms with Gasteiger partial charge in [0.2, 0.25) is 0 Å². The number of rotatable bonds is 3. The van der Waals surface area contributed by atoms with Crippen LogP contribution in [0.3, 0.4) is 0 Å². The molecular formula is C14H13F4N2. The summed E-state index contributed by atoms with van der Waals surface area (Å²) in [6.45, 7) is 3.84. The van der Waals surface area contributed by atoms with E-state index < -0.39 is 17.6 Å². The molecule has 2 nitrogen and oxygen atoms in total. The zero-order valence-electron chi connectivity index (χ0n) is 10.9. The van der Waals surface area contributed by atoms with Gasteiger partial charge in [0.1, 0.15) is 5.82 Å². The van der Waals surface area contributed by atoms with Gasteiger partial charge in [0.25, 0.3) is 0 Å². The maximum atomic E-state index is 13.8. The molecule has 0 amide bonds. The lowest BCUT2D eigenvalue weighted by atomic mass is 10.0. The molecule has 1 aromatic carbocycles. The minimum atomic E-state index is -4.70. The Morgan fingerprint density at radius 3 is 2.50 bits per heavy atom. The summed E-state index contributed by atoms with van der Waals surface area (Å²) >= 11 is 0. The predicted octanol–water partition coefficient (Wildman–Crippen LogP) is 4.22. The molecule has 1 heterocycles. The quantitative estimate of drug-likeness (QED) is 0.772. The monoisotopic (exact) mass is 285 g/mol. The van der Waals surface area contributed by atoms with Crippen LogP contribution in [-0.4, -0.2) is 9.78 Å². The van der Waals surface area contributed by atoms with Crippen LogP contribution in [0.4, 0.5) is 17.6 Å². The van der Waals surface area contributed by atoms with Crippen LogP contribution in [0.25, 0.3) is 0 Å². The summed E-state index contributed by atoms with van der Waals surface area (Å²) < 4.78 is 53.3. The van der Waals surface area contributed by atoms with Gasteiger partial charge in [0, 0.05) is 18.7 Å². The normalized spacial score (nSPS) is 12.2. The van der Waals surface area contributed by atoms with E-state index in [0.717, 1.165) is 6.07 Å². The number of nitrogens with zero attached hydrogens (tertiary/aromatic N) is 2. The van der Waals surface area contributed by atoms with Gasteiger partial charge in [-0.3, -0.25) is 4.68 Å². The Bertz CT molecular complexity index is 599. The second-order valence-corrected chi connectivity index (χ2v) is 4.70. The van der Waals surface area contributed by atoms with E-state index in [1.807, 2.05) is 13.8 Å². The average molecular weight is 285 g/mol. The molecule has 0 N–H and O–H groups in total. The SMILES string of the molecule is CC(C)n1cc([CH]c2cccc(C(F)(F)F)c2F)cn1. The topological polar surface area (TPSA) is 17.8 Å². The van der Waals surface area contributed by atoms with E-state index in [-0.39, 0.29) is 11.6 Å². The van der Waals surface area contributed by atoms with Crippen molar-refractivity contribution in [3.05, 3.63) is 59.5 Å². The van der Waals surface area contributed by atoms with Gasteiger partial charge in [-0.25, -0.2) is 4.39 Å². The van der Waals surface area contributed by atoms with Crippen molar-refractivity contribution in [2.24, 2.45) is 0 Å². The third kappa shape index (κ3) is 3.00. The van der Waals surface area contributed by atoms with Crippen molar-refractivity contribution in [2.45, 2.75) is 26.1 Å². The molecule has 0 bridgehead atoms. The number of hydrogen-bond acceptors (Lipinski definition) is 1. The average Bonchev–Trinajstić information content (AvgIpc) is 2.79. The van der Waals surface area contributed by atoms with Gasteiger partial charge in [-0.1, -0.05) is 12.1 Å². The summed E-state index contributed by atoms with van der Waals surface area (Å²) in [6, 6.07) is 3.34. The van der Waals surface area contributed by atoms with Gasteiger partial charge in [-0.2, -0.15) is 18.3 Å². The van der Waals surface area contributed by atoms with E-state index in [9.17, 15) is 17.6 Å². The third-order valence-electron chi connectivity index (χ3n) is 2.81. The lowest BCUT2D eigenvalue weighted by Crippen LogP contribution is -2.09. The Labute approximate surface area is 114 Å². The molecule has 0 saturated heterocycles. The number of hydrogen-bond donors (Lipinski definition) is 0. The maximum absolute atomic E-state index is 13.8. The molecule has 107 valence electrons. The molecular weight excluding hydrogens is 272 g/mol.